The number of allylic oxidation sites excluding steroid dienone is 1. The van der Waals surface area contributed by atoms with Crippen LogP contribution in [0.4, 0.5) is 0 Å². The van der Waals surface area contributed by atoms with Gasteiger partial charge >= 0.3 is 0 Å². The summed E-state index contributed by atoms with van der Waals surface area (Å²) in [4.78, 5) is 41.2. The molecule has 3 aromatic carbocycles. The summed E-state index contributed by atoms with van der Waals surface area (Å²) in [7, 11) is 0. The molecule has 256 valence electrons. The number of benzene rings is 3. The Kier molecular flexibility index (Phi) is 7.75. The Morgan fingerprint density at radius 3 is 2.20 bits per heavy atom. The minimum Gasteiger partial charge on any atom is -0.508 e. The first kappa shape index (κ1) is 33.3. The summed E-state index contributed by atoms with van der Waals surface area (Å²) in [6.07, 6.45) is 7.64. The number of carbonyl (C=O) groups is 3. The summed E-state index contributed by atoms with van der Waals surface area (Å²) < 4.78 is 0. The van der Waals surface area contributed by atoms with Crippen molar-refractivity contribution < 1.29 is 34.8 Å². The predicted octanol–water partition coefficient (Wildman–Crippen LogP) is 8.13. The molecule has 2 fully saturated rings. The van der Waals surface area contributed by atoms with Crippen molar-refractivity contribution in [1.29, 1.82) is 0 Å². The van der Waals surface area contributed by atoms with Gasteiger partial charge in [-0.2, -0.15) is 0 Å². The predicted molar refractivity (Wildman–Crippen MR) is 189 cm³/mol. The maximum Gasteiger partial charge on any atom is 0.203 e. The lowest BCUT2D eigenvalue weighted by atomic mass is 9.43. The number of hydrogen-bond acceptors (Lipinski definition) is 7. The van der Waals surface area contributed by atoms with E-state index in [1.807, 2.05) is 19.1 Å². The normalized spacial score (nSPS) is 28.9. The summed E-state index contributed by atoms with van der Waals surface area (Å²) in [5, 5.41) is 49.3. The summed E-state index contributed by atoms with van der Waals surface area (Å²) >= 11 is 0. The number of hydrogen-bond donors (Lipinski definition) is 4. The molecule has 0 saturated heterocycles. The number of phenolic OH excluding ortho intramolecular Hbond substituents is 1. The number of fused-ring (bicyclic) bond motifs is 4. The van der Waals surface area contributed by atoms with Crippen LogP contribution in [-0.2, 0) is 27.2 Å². The van der Waals surface area contributed by atoms with Crippen LogP contribution in [-0.4, -0.2) is 43.4 Å². The largest absolute Gasteiger partial charge is 0.508 e. The van der Waals surface area contributed by atoms with E-state index < -0.39 is 56.8 Å². The van der Waals surface area contributed by atoms with Crippen LogP contribution < -0.4 is 0 Å². The summed E-state index contributed by atoms with van der Waals surface area (Å²) in [6, 6.07) is 16.0. The van der Waals surface area contributed by atoms with E-state index in [-0.39, 0.29) is 35.6 Å². The first-order valence-electron chi connectivity index (χ1n) is 17.7. The lowest BCUT2D eigenvalue weighted by molar-refractivity contribution is -0.178. The molecule has 7 nitrogen and oxygen atoms in total. The molecule has 0 heterocycles. The van der Waals surface area contributed by atoms with Crippen molar-refractivity contribution in [3.63, 3.8) is 0 Å². The fourth-order valence-corrected chi connectivity index (χ4v) is 10.4. The smallest absolute Gasteiger partial charge is 0.203 e. The van der Waals surface area contributed by atoms with Crippen LogP contribution >= 0.6 is 0 Å². The second-order valence-electron chi connectivity index (χ2n) is 16.0. The van der Waals surface area contributed by atoms with Crippen LogP contribution in [0.5, 0.6) is 5.75 Å². The van der Waals surface area contributed by atoms with Crippen molar-refractivity contribution in [3.05, 3.63) is 82.1 Å². The molecule has 7 rings (SSSR count). The Hall–Kier alpha value is -4.23. The summed E-state index contributed by atoms with van der Waals surface area (Å²) in [6.45, 7) is 8.21. The Morgan fingerprint density at radius 1 is 0.898 bits per heavy atom. The standard InChI is InChI=1S/C42H46O7/c1-22(2)34-36(45)32(23(3)43)38(47)42(49)39(48)35-37(46)33-30(20-40(35,4)21-41(34,42)5)29(17-18-31(33)44)28-16-15-25(19-24-11-7-6-8-12-24)26-13-9-10-14-27(26)28/h9-10,13-18,22,24,34,44,46-47,49H,6-8,11-12,19-21H2,1-5H3/t34?,40-,41-,42+/m1/s1. The molecule has 3 aromatic rings. The lowest BCUT2D eigenvalue weighted by Gasteiger charge is -2.59. The molecule has 0 aromatic heterocycles. The third-order valence-corrected chi connectivity index (χ3v) is 12.4. The molecule has 0 amide bonds. The molecule has 4 aliphatic rings. The van der Waals surface area contributed by atoms with Crippen LogP contribution in [0.15, 0.2) is 65.4 Å². The van der Waals surface area contributed by atoms with Crippen LogP contribution in [0, 0.1) is 28.6 Å². The highest BCUT2D eigenvalue weighted by Crippen LogP contribution is 2.65. The van der Waals surface area contributed by atoms with Crippen molar-refractivity contribution in [2.45, 2.75) is 91.6 Å². The van der Waals surface area contributed by atoms with E-state index in [0.717, 1.165) is 29.9 Å². The first-order valence-corrected chi connectivity index (χ1v) is 17.7. The van der Waals surface area contributed by atoms with E-state index in [1.54, 1.807) is 20.8 Å². The molecule has 49 heavy (non-hydrogen) atoms. The molecule has 1 unspecified atom stereocenters. The van der Waals surface area contributed by atoms with Gasteiger partial charge in [0.15, 0.2) is 17.2 Å². The SMILES string of the molecule is CC(=O)C1=C(O)[C@]2(O)C(=O)C3=C(O)c4c(O)ccc(-c5ccc(CC6CCCCC6)c6ccccc56)c4C[C@]3(C)C[C@]2(C)C(C(C)C)C1=O. The number of Topliss-reactive ketones (excluding diaryl/α,β-unsaturated/α-hetero) is 3. The number of aliphatic hydroxyl groups excluding tert-OH is 2. The minimum atomic E-state index is -2.63. The molecule has 4 atom stereocenters. The molecule has 4 N–H and O–H groups in total. The van der Waals surface area contributed by atoms with Crippen molar-refractivity contribution >= 4 is 33.9 Å². The van der Waals surface area contributed by atoms with Gasteiger partial charge in [0.1, 0.15) is 22.8 Å². The third kappa shape index (κ3) is 4.61. The van der Waals surface area contributed by atoms with E-state index in [4.69, 9.17) is 0 Å². The highest BCUT2D eigenvalue weighted by atomic mass is 16.3. The number of aromatic hydroxyl groups is 1. The van der Waals surface area contributed by atoms with Crippen molar-refractivity contribution in [1.82, 2.24) is 0 Å². The van der Waals surface area contributed by atoms with E-state index in [0.29, 0.717) is 11.5 Å². The molecule has 2 saturated carbocycles. The fourth-order valence-electron chi connectivity index (χ4n) is 10.4. The van der Waals surface area contributed by atoms with Crippen LogP contribution in [0.2, 0.25) is 0 Å². The van der Waals surface area contributed by atoms with Crippen molar-refractivity contribution in [3.8, 4) is 16.9 Å². The van der Waals surface area contributed by atoms with Gasteiger partial charge in [-0.25, -0.2) is 0 Å². The molecule has 0 radical (unpaired) electrons. The average molecular weight is 663 g/mol. The average Bonchev–Trinajstić information content (AvgIpc) is 3.03. The summed E-state index contributed by atoms with van der Waals surface area (Å²) in [5.41, 5.74) is -2.05. The minimum absolute atomic E-state index is 0.0566. The number of ketones is 3. The number of phenols is 1. The van der Waals surface area contributed by atoms with Gasteiger partial charge in [-0.15, -0.1) is 0 Å². The molecule has 7 heteroatoms. The zero-order valence-corrected chi connectivity index (χ0v) is 29.0. The number of carbonyl (C=O) groups excluding carboxylic acids is 3. The van der Waals surface area contributed by atoms with E-state index >= 15 is 0 Å². The van der Waals surface area contributed by atoms with Gasteiger partial charge in [0.25, 0.3) is 0 Å². The molecule has 0 spiro atoms. The Morgan fingerprint density at radius 2 is 1.55 bits per heavy atom. The maximum absolute atomic E-state index is 14.7. The molecular weight excluding hydrogens is 616 g/mol. The topological polar surface area (TPSA) is 132 Å². The Bertz CT molecular complexity index is 2010. The number of rotatable bonds is 5. The van der Waals surface area contributed by atoms with E-state index in [1.165, 1.54) is 49.1 Å². The Labute approximate surface area is 287 Å². The van der Waals surface area contributed by atoms with E-state index in [9.17, 15) is 34.8 Å². The zero-order chi connectivity index (χ0) is 35.2. The zero-order valence-electron chi connectivity index (χ0n) is 29.0. The monoisotopic (exact) mass is 662 g/mol. The van der Waals surface area contributed by atoms with Gasteiger partial charge in [-0.05, 0) is 77.1 Å². The van der Waals surface area contributed by atoms with E-state index in [2.05, 4.69) is 30.3 Å². The fraction of sp³-hybridized carbons (Fsp3) is 0.452. The second kappa shape index (κ2) is 11.4. The van der Waals surface area contributed by atoms with Crippen LogP contribution in [0.1, 0.15) is 89.8 Å². The van der Waals surface area contributed by atoms with Crippen molar-refractivity contribution in [2.24, 2.45) is 28.6 Å². The van der Waals surface area contributed by atoms with Gasteiger partial charge in [-0.3, -0.25) is 14.4 Å². The quantitative estimate of drug-likeness (QED) is 0.203. The second-order valence-corrected chi connectivity index (χ2v) is 16.0. The molecular formula is C42H46O7. The highest BCUT2D eigenvalue weighted by molar-refractivity contribution is 6.24. The molecule has 0 aliphatic heterocycles. The van der Waals surface area contributed by atoms with Crippen LogP contribution in [0.3, 0.4) is 0 Å². The lowest BCUT2D eigenvalue weighted by Crippen LogP contribution is -2.69. The Balaban J connectivity index is 1.43. The highest BCUT2D eigenvalue weighted by Gasteiger charge is 2.72. The maximum atomic E-state index is 14.7. The van der Waals surface area contributed by atoms with Crippen molar-refractivity contribution in [2.75, 3.05) is 0 Å². The molecule has 0 bridgehead atoms. The van der Waals surface area contributed by atoms with Gasteiger partial charge in [0.05, 0.1) is 5.56 Å². The summed E-state index contributed by atoms with van der Waals surface area (Å²) in [5.74, 6) is -4.58. The first-order chi connectivity index (χ1) is 23.2. The van der Waals surface area contributed by atoms with Gasteiger partial charge in [-0.1, -0.05) is 102 Å². The van der Waals surface area contributed by atoms with Gasteiger partial charge in [0.2, 0.25) is 5.78 Å². The van der Waals surface area contributed by atoms with Gasteiger partial charge < -0.3 is 20.4 Å². The van der Waals surface area contributed by atoms with Gasteiger partial charge in [0, 0.05) is 22.3 Å². The molecule has 4 aliphatic carbocycles. The third-order valence-electron chi connectivity index (χ3n) is 12.4. The van der Waals surface area contributed by atoms with Crippen LogP contribution in [0.25, 0.3) is 27.7 Å². The number of aliphatic hydroxyl groups is 3.